The van der Waals surface area contributed by atoms with Crippen LogP contribution in [0.2, 0.25) is 0 Å². The van der Waals surface area contributed by atoms with Gasteiger partial charge in [-0.25, -0.2) is 13.8 Å². The summed E-state index contributed by atoms with van der Waals surface area (Å²) >= 11 is 0. The van der Waals surface area contributed by atoms with Crippen LogP contribution < -0.4 is 10.9 Å². The van der Waals surface area contributed by atoms with Crippen molar-refractivity contribution >= 4 is 15.7 Å². The van der Waals surface area contributed by atoms with Gasteiger partial charge in [0.25, 0.3) is 5.91 Å². The maximum Gasteiger partial charge on any atom is 0.265 e. The van der Waals surface area contributed by atoms with Crippen LogP contribution in [-0.4, -0.2) is 20.2 Å². The molecule has 2 rings (SSSR count). The van der Waals surface area contributed by atoms with Crippen molar-refractivity contribution in [2.24, 2.45) is 0 Å². The van der Waals surface area contributed by atoms with Gasteiger partial charge in [-0.05, 0) is 37.6 Å². The van der Waals surface area contributed by atoms with Crippen molar-refractivity contribution in [3.8, 4) is 0 Å². The van der Waals surface area contributed by atoms with Crippen LogP contribution in [0.25, 0.3) is 0 Å². The number of sulfone groups is 1. The van der Waals surface area contributed by atoms with Gasteiger partial charge in [0.15, 0.2) is 9.84 Å². The van der Waals surface area contributed by atoms with Crippen molar-refractivity contribution in [3.05, 3.63) is 65.2 Å². The molecule has 0 radical (unpaired) electrons. The number of nitrogens with one attached hydrogen (secondary N) is 2. The normalized spacial score (nSPS) is 11.2. The van der Waals surface area contributed by atoms with E-state index < -0.39 is 9.84 Å². The minimum Gasteiger partial charge on any atom is -0.286 e. The van der Waals surface area contributed by atoms with E-state index in [2.05, 4.69) is 10.9 Å². The van der Waals surface area contributed by atoms with Gasteiger partial charge in [-0.3, -0.25) is 10.2 Å². The zero-order valence-electron chi connectivity index (χ0n) is 12.5. The Balaban J connectivity index is 1.99. The summed E-state index contributed by atoms with van der Waals surface area (Å²) in [5.41, 5.74) is 7.22. The quantitative estimate of drug-likeness (QED) is 0.827. The molecule has 0 bridgehead atoms. The molecule has 0 unspecified atom stereocenters. The summed E-state index contributed by atoms with van der Waals surface area (Å²) in [5, 5.41) is 0. The van der Waals surface area contributed by atoms with Crippen molar-refractivity contribution in [3.63, 3.8) is 0 Å². The largest absolute Gasteiger partial charge is 0.286 e. The van der Waals surface area contributed by atoms with Gasteiger partial charge in [0, 0.05) is 5.56 Å². The highest BCUT2D eigenvalue weighted by Gasteiger charge is 2.14. The van der Waals surface area contributed by atoms with Gasteiger partial charge in [0.2, 0.25) is 0 Å². The van der Waals surface area contributed by atoms with E-state index in [1.807, 2.05) is 26.0 Å². The molecule has 0 heterocycles. The fraction of sp³-hybridized carbons (Fsp3) is 0.188. The van der Waals surface area contributed by atoms with Crippen LogP contribution in [0.4, 0.5) is 0 Å². The molecule has 22 heavy (non-hydrogen) atoms. The van der Waals surface area contributed by atoms with E-state index in [0.717, 1.165) is 11.1 Å². The molecule has 1 amide bonds. The van der Waals surface area contributed by atoms with Gasteiger partial charge in [0.05, 0.1) is 4.90 Å². The Labute approximate surface area is 130 Å². The minimum absolute atomic E-state index is 0.212. The Hall–Kier alpha value is -2.18. The van der Waals surface area contributed by atoms with E-state index in [0.29, 0.717) is 5.56 Å². The molecule has 0 fully saturated rings. The lowest BCUT2D eigenvalue weighted by molar-refractivity contribution is 0.0936. The van der Waals surface area contributed by atoms with Crippen molar-refractivity contribution in [2.75, 3.05) is 5.88 Å². The van der Waals surface area contributed by atoms with Gasteiger partial charge in [-0.2, -0.15) is 0 Å². The number of amides is 1. The van der Waals surface area contributed by atoms with Crippen molar-refractivity contribution < 1.29 is 13.2 Å². The fourth-order valence-electron chi connectivity index (χ4n) is 1.97. The number of hydrogen-bond acceptors (Lipinski definition) is 4. The van der Waals surface area contributed by atoms with Crippen LogP contribution in [-0.2, 0) is 9.84 Å². The number of rotatable bonds is 5. The van der Waals surface area contributed by atoms with Crippen LogP contribution in [0.5, 0.6) is 0 Å². The summed E-state index contributed by atoms with van der Waals surface area (Å²) in [6, 6.07) is 13.6. The summed E-state index contributed by atoms with van der Waals surface area (Å²) in [5.74, 6) is -0.724. The topological polar surface area (TPSA) is 75.3 Å². The third-order valence-electron chi connectivity index (χ3n) is 3.20. The second-order valence-corrected chi connectivity index (χ2v) is 7.01. The summed E-state index contributed by atoms with van der Waals surface area (Å²) in [4.78, 5) is 12.3. The molecule has 0 aliphatic carbocycles. The first kappa shape index (κ1) is 16.2. The summed E-state index contributed by atoms with van der Waals surface area (Å²) in [6.07, 6.45) is 0. The number of carbonyl (C=O) groups excluding carboxylic acids is 1. The molecule has 2 aromatic rings. The Morgan fingerprint density at radius 1 is 1.05 bits per heavy atom. The highest BCUT2D eigenvalue weighted by atomic mass is 32.2. The number of carbonyl (C=O) groups is 1. The van der Waals surface area contributed by atoms with Crippen molar-refractivity contribution in [1.29, 1.82) is 0 Å². The van der Waals surface area contributed by atoms with Crippen LogP contribution >= 0.6 is 0 Å². The molecule has 0 aromatic heterocycles. The van der Waals surface area contributed by atoms with Crippen LogP contribution in [0, 0.1) is 13.8 Å². The lowest BCUT2D eigenvalue weighted by Gasteiger charge is -2.10. The number of aryl methyl sites for hydroxylation is 2. The van der Waals surface area contributed by atoms with Crippen LogP contribution in [0.3, 0.4) is 0 Å². The molecule has 0 atom stereocenters. The average Bonchev–Trinajstić information content (AvgIpc) is 2.50. The number of hydrazine groups is 1. The van der Waals surface area contributed by atoms with E-state index in [-0.39, 0.29) is 16.7 Å². The zero-order valence-corrected chi connectivity index (χ0v) is 13.3. The predicted molar refractivity (Wildman–Crippen MR) is 85.0 cm³/mol. The molecule has 5 nitrogen and oxygen atoms in total. The molecular formula is C16H18N2O3S. The molecule has 0 spiro atoms. The number of hydrogen-bond donors (Lipinski definition) is 2. The van der Waals surface area contributed by atoms with Gasteiger partial charge >= 0.3 is 0 Å². The molecule has 0 aliphatic heterocycles. The standard InChI is InChI=1S/C16H18N2O3S/c1-12-8-9-13(2)15(10-12)16(19)18-17-11-22(20,21)14-6-4-3-5-7-14/h3-10,17H,11H2,1-2H3,(H,18,19). The van der Waals surface area contributed by atoms with Gasteiger partial charge in [0.1, 0.15) is 5.88 Å². The highest BCUT2D eigenvalue weighted by molar-refractivity contribution is 7.91. The SMILES string of the molecule is Cc1ccc(C)c(C(=O)NNCS(=O)(=O)c2ccccc2)c1. The average molecular weight is 318 g/mol. The summed E-state index contributed by atoms with van der Waals surface area (Å²) in [7, 11) is -3.48. The molecule has 2 N–H and O–H groups in total. The van der Waals surface area contributed by atoms with E-state index in [1.54, 1.807) is 24.3 Å². The Bertz CT molecular complexity index is 771. The third kappa shape index (κ3) is 3.93. The lowest BCUT2D eigenvalue weighted by Crippen LogP contribution is -2.40. The lowest BCUT2D eigenvalue weighted by atomic mass is 10.1. The molecule has 6 heteroatoms. The predicted octanol–water partition coefficient (Wildman–Crippen LogP) is 1.97. The molecule has 0 aliphatic rings. The first-order chi connectivity index (χ1) is 10.4. The highest BCUT2D eigenvalue weighted by Crippen LogP contribution is 2.11. The fourth-order valence-corrected chi connectivity index (χ4v) is 2.97. The second-order valence-electron chi connectivity index (χ2n) is 5.02. The number of benzene rings is 2. The van der Waals surface area contributed by atoms with Crippen LogP contribution in [0.15, 0.2) is 53.4 Å². The first-order valence-electron chi connectivity index (χ1n) is 6.78. The Morgan fingerprint density at radius 2 is 1.73 bits per heavy atom. The Morgan fingerprint density at radius 3 is 2.41 bits per heavy atom. The third-order valence-corrected chi connectivity index (χ3v) is 4.72. The smallest absolute Gasteiger partial charge is 0.265 e. The molecule has 0 saturated carbocycles. The summed E-state index contributed by atoms with van der Waals surface area (Å²) < 4.78 is 24.1. The monoisotopic (exact) mass is 318 g/mol. The van der Waals surface area contributed by atoms with Gasteiger partial charge in [-0.1, -0.05) is 35.9 Å². The van der Waals surface area contributed by atoms with Crippen molar-refractivity contribution in [1.82, 2.24) is 10.9 Å². The van der Waals surface area contributed by atoms with Crippen LogP contribution in [0.1, 0.15) is 21.5 Å². The Kier molecular flexibility index (Phi) is 4.95. The second kappa shape index (κ2) is 6.72. The minimum atomic E-state index is -3.48. The van der Waals surface area contributed by atoms with E-state index in [4.69, 9.17) is 0 Å². The summed E-state index contributed by atoms with van der Waals surface area (Å²) in [6.45, 7) is 3.72. The zero-order chi connectivity index (χ0) is 16.2. The van der Waals surface area contributed by atoms with E-state index >= 15 is 0 Å². The van der Waals surface area contributed by atoms with Crippen molar-refractivity contribution in [2.45, 2.75) is 18.7 Å². The van der Waals surface area contributed by atoms with Gasteiger partial charge < -0.3 is 0 Å². The van der Waals surface area contributed by atoms with E-state index in [1.165, 1.54) is 12.1 Å². The molecule has 0 saturated heterocycles. The maximum atomic E-state index is 12.1. The molecule has 2 aromatic carbocycles. The molecular weight excluding hydrogens is 300 g/mol. The maximum absolute atomic E-state index is 12.1. The molecule has 116 valence electrons. The van der Waals surface area contributed by atoms with Gasteiger partial charge in [-0.15, -0.1) is 0 Å². The van der Waals surface area contributed by atoms with E-state index in [9.17, 15) is 13.2 Å². The first-order valence-corrected chi connectivity index (χ1v) is 8.43.